The molecule has 0 spiro atoms. The Morgan fingerprint density at radius 1 is 1.24 bits per heavy atom. The molecule has 0 aliphatic carbocycles. The molecule has 2 heterocycles. The van der Waals surface area contributed by atoms with Crippen LogP contribution in [0.2, 0.25) is 0 Å². The minimum atomic E-state index is 0.518. The van der Waals surface area contributed by atoms with Gasteiger partial charge in [-0.3, -0.25) is 0 Å². The molecule has 1 saturated heterocycles. The second-order valence-corrected chi connectivity index (χ2v) is 5.78. The maximum Gasteiger partial charge on any atom is 0.123 e. The van der Waals surface area contributed by atoms with E-state index in [4.69, 9.17) is 12.2 Å². The zero-order valence-corrected chi connectivity index (χ0v) is 12.6. The van der Waals surface area contributed by atoms with Crippen molar-refractivity contribution in [1.82, 2.24) is 4.98 Å². The molecular formula is C17H17N3S. The van der Waals surface area contributed by atoms with Crippen molar-refractivity contribution in [2.45, 2.75) is 18.8 Å². The second-order valence-electron chi connectivity index (χ2n) is 5.37. The van der Waals surface area contributed by atoms with Gasteiger partial charge in [-0.15, -0.1) is 0 Å². The number of benzene rings is 1. The molecular weight excluding hydrogens is 278 g/mol. The first-order valence-electron chi connectivity index (χ1n) is 7.21. The smallest absolute Gasteiger partial charge is 0.123 e. The van der Waals surface area contributed by atoms with Crippen LogP contribution in [0.5, 0.6) is 0 Å². The van der Waals surface area contributed by atoms with E-state index in [1.165, 1.54) is 12.0 Å². The zero-order valence-electron chi connectivity index (χ0n) is 11.7. The molecule has 1 aliphatic rings. The van der Waals surface area contributed by atoms with Gasteiger partial charge < -0.3 is 9.88 Å². The van der Waals surface area contributed by atoms with Crippen LogP contribution in [0, 0.1) is 16.0 Å². The number of pyridine rings is 1. The quantitative estimate of drug-likeness (QED) is 0.852. The average molecular weight is 295 g/mol. The summed E-state index contributed by atoms with van der Waals surface area (Å²) < 4.78 is 0.525. The molecule has 4 heteroatoms. The van der Waals surface area contributed by atoms with E-state index in [0.29, 0.717) is 16.1 Å². The molecule has 1 fully saturated rings. The lowest BCUT2D eigenvalue weighted by Gasteiger charge is -2.35. The third-order valence-corrected chi connectivity index (χ3v) is 4.41. The number of nitrogens with zero attached hydrogens (tertiary/aromatic N) is 2. The van der Waals surface area contributed by atoms with Crippen LogP contribution in [0.15, 0.2) is 42.6 Å². The summed E-state index contributed by atoms with van der Waals surface area (Å²) in [5.74, 6) is 0.518. The van der Waals surface area contributed by atoms with Gasteiger partial charge in [0.15, 0.2) is 0 Å². The van der Waals surface area contributed by atoms with Gasteiger partial charge in [-0.2, -0.15) is 5.26 Å². The molecule has 0 saturated carbocycles. The summed E-state index contributed by atoms with van der Waals surface area (Å²) in [6.45, 7) is 1.92. The van der Waals surface area contributed by atoms with Gasteiger partial charge in [0, 0.05) is 25.2 Å². The normalized spacial score (nSPS) is 18.2. The Morgan fingerprint density at radius 3 is 2.81 bits per heavy atom. The van der Waals surface area contributed by atoms with E-state index in [1.807, 2.05) is 18.3 Å². The van der Waals surface area contributed by atoms with Crippen molar-refractivity contribution in [3.8, 4) is 6.07 Å². The molecule has 0 amide bonds. The number of nitrogens with one attached hydrogen (secondary N) is 1. The van der Waals surface area contributed by atoms with Crippen molar-refractivity contribution < 1.29 is 0 Å². The third kappa shape index (κ3) is 2.84. The number of hydrogen-bond acceptors (Lipinski definition) is 3. The van der Waals surface area contributed by atoms with Gasteiger partial charge in [0.05, 0.1) is 5.69 Å². The average Bonchev–Trinajstić information content (AvgIpc) is 2.55. The highest BCUT2D eigenvalue weighted by atomic mass is 32.1. The number of H-pyrrole nitrogens is 1. The fraction of sp³-hybridized carbons (Fsp3) is 0.294. The van der Waals surface area contributed by atoms with E-state index in [-0.39, 0.29) is 0 Å². The summed E-state index contributed by atoms with van der Waals surface area (Å²) in [4.78, 5) is 5.23. The Balaban J connectivity index is 1.89. The Kier molecular flexibility index (Phi) is 4.03. The molecule has 1 aromatic heterocycles. The molecule has 1 unspecified atom stereocenters. The number of rotatable bonds is 2. The highest BCUT2D eigenvalue weighted by molar-refractivity contribution is 7.71. The van der Waals surface area contributed by atoms with E-state index in [0.717, 1.165) is 25.2 Å². The minimum absolute atomic E-state index is 0.518. The summed E-state index contributed by atoms with van der Waals surface area (Å²) in [7, 11) is 0. The number of hydrogen-bond donors (Lipinski definition) is 1. The summed E-state index contributed by atoms with van der Waals surface area (Å²) in [6, 6.07) is 14.8. The van der Waals surface area contributed by atoms with E-state index in [9.17, 15) is 5.26 Å². The van der Waals surface area contributed by atoms with Gasteiger partial charge in [0.25, 0.3) is 0 Å². The first-order valence-corrected chi connectivity index (χ1v) is 7.62. The topological polar surface area (TPSA) is 42.8 Å². The van der Waals surface area contributed by atoms with Crippen molar-refractivity contribution in [2.24, 2.45) is 0 Å². The van der Waals surface area contributed by atoms with Gasteiger partial charge in [-0.05, 0) is 24.5 Å². The van der Waals surface area contributed by atoms with E-state index >= 15 is 0 Å². The SMILES string of the molecule is N#Cc1c(N2CCCC(c3ccccc3)C2)cc[nH]c1=S. The van der Waals surface area contributed by atoms with Crippen LogP contribution in [0.25, 0.3) is 0 Å². The number of piperidine rings is 1. The van der Waals surface area contributed by atoms with E-state index in [1.54, 1.807) is 0 Å². The summed E-state index contributed by atoms with van der Waals surface area (Å²) in [5, 5.41) is 9.35. The molecule has 106 valence electrons. The molecule has 21 heavy (non-hydrogen) atoms. The minimum Gasteiger partial charge on any atom is -0.370 e. The molecule has 0 radical (unpaired) electrons. The Morgan fingerprint density at radius 2 is 2.05 bits per heavy atom. The van der Waals surface area contributed by atoms with Crippen molar-refractivity contribution in [3.05, 3.63) is 58.4 Å². The van der Waals surface area contributed by atoms with Gasteiger partial charge >= 0.3 is 0 Å². The maximum atomic E-state index is 9.35. The lowest BCUT2D eigenvalue weighted by Crippen LogP contribution is -2.34. The lowest BCUT2D eigenvalue weighted by atomic mass is 9.90. The van der Waals surface area contributed by atoms with Crippen molar-refractivity contribution in [1.29, 1.82) is 5.26 Å². The summed E-state index contributed by atoms with van der Waals surface area (Å²) >= 11 is 5.23. The number of anilines is 1. The van der Waals surface area contributed by atoms with Crippen LogP contribution in [0.1, 0.15) is 29.9 Å². The summed E-state index contributed by atoms with van der Waals surface area (Å²) in [6.07, 6.45) is 4.16. The van der Waals surface area contributed by atoms with Crippen LogP contribution >= 0.6 is 12.2 Å². The monoisotopic (exact) mass is 295 g/mol. The largest absolute Gasteiger partial charge is 0.370 e. The van der Waals surface area contributed by atoms with Crippen LogP contribution in [0.4, 0.5) is 5.69 Å². The number of aromatic amines is 1. The predicted molar refractivity (Wildman–Crippen MR) is 87.0 cm³/mol. The fourth-order valence-corrected chi connectivity index (χ4v) is 3.25. The van der Waals surface area contributed by atoms with Crippen LogP contribution in [-0.4, -0.2) is 18.1 Å². The van der Waals surface area contributed by atoms with E-state index < -0.39 is 0 Å². The Bertz CT molecular complexity index is 715. The van der Waals surface area contributed by atoms with Crippen LogP contribution < -0.4 is 4.90 Å². The highest BCUT2D eigenvalue weighted by Gasteiger charge is 2.23. The van der Waals surface area contributed by atoms with Crippen molar-refractivity contribution >= 4 is 17.9 Å². The zero-order chi connectivity index (χ0) is 14.7. The molecule has 0 bridgehead atoms. The molecule has 1 aliphatic heterocycles. The molecule has 2 aromatic rings. The molecule has 3 nitrogen and oxygen atoms in total. The summed E-state index contributed by atoms with van der Waals surface area (Å²) in [5.41, 5.74) is 2.92. The maximum absolute atomic E-state index is 9.35. The fourth-order valence-electron chi connectivity index (χ4n) is 3.03. The van der Waals surface area contributed by atoms with Gasteiger partial charge in [0.2, 0.25) is 0 Å². The standard InChI is InChI=1S/C17H17N3S/c18-11-15-16(8-9-19-17(15)21)20-10-4-7-14(12-20)13-5-2-1-3-6-13/h1-3,5-6,8-9,14H,4,7,10,12H2,(H,19,21). The number of nitriles is 1. The van der Waals surface area contributed by atoms with Gasteiger partial charge in [-0.1, -0.05) is 42.5 Å². The predicted octanol–water partition coefficient (Wildman–Crippen LogP) is 4.00. The van der Waals surface area contributed by atoms with Gasteiger partial charge in [0.1, 0.15) is 16.3 Å². The molecule has 1 aromatic carbocycles. The van der Waals surface area contributed by atoms with Gasteiger partial charge in [-0.25, -0.2) is 0 Å². The van der Waals surface area contributed by atoms with Crippen LogP contribution in [0.3, 0.4) is 0 Å². The Hall–Kier alpha value is -2.12. The first-order chi connectivity index (χ1) is 10.3. The van der Waals surface area contributed by atoms with E-state index in [2.05, 4.69) is 40.2 Å². The first kappa shape index (κ1) is 13.8. The molecule has 1 atom stereocenters. The second kappa shape index (κ2) is 6.11. The lowest BCUT2D eigenvalue weighted by molar-refractivity contribution is 0.510. The molecule has 1 N–H and O–H groups in total. The van der Waals surface area contributed by atoms with Crippen LogP contribution in [-0.2, 0) is 0 Å². The third-order valence-electron chi connectivity index (χ3n) is 4.08. The number of aromatic nitrogens is 1. The van der Waals surface area contributed by atoms with Crippen molar-refractivity contribution in [3.63, 3.8) is 0 Å². The Labute approximate surface area is 129 Å². The van der Waals surface area contributed by atoms with Crippen molar-refractivity contribution in [2.75, 3.05) is 18.0 Å². The highest BCUT2D eigenvalue weighted by Crippen LogP contribution is 2.31. The molecule has 3 rings (SSSR count).